The van der Waals surface area contributed by atoms with Gasteiger partial charge in [-0.05, 0) is 49.2 Å². The van der Waals surface area contributed by atoms with Crippen LogP contribution in [-0.2, 0) is 16.6 Å². The summed E-state index contributed by atoms with van der Waals surface area (Å²) in [6, 6.07) is 10.9. The van der Waals surface area contributed by atoms with Gasteiger partial charge in [0.15, 0.2) is 0 Å². The first-order valence-electron chi connectivity index (χ1n) is 11.3. The Balaban J connectivity index is 1.55. The number of nitrogens with zero attached hydrogens (tertiary/aromatic N) is 3. The molecule has 4 rings (SSSR count). The summed E-state index contributed by atoms with van der Waals surface area (Å²) in [6.07, 6.45) is 3.33. The maximum Gasteiger partial charge on any atom is 0.254 e. The molecule has 1 unspecified atom stereocenters. The van der Waals surface area contributed by atoms with E-state index in [0.717, 1.165) is 26.2 Å². The Morgan fingerprint density at radius 1 is 1.14 bits per heavy atom. The number of pyridine rings is 1. The van der Waals surface area contributed by atoms with E-state index in [9.17, 15) is 13.2 Å². The van der Waals surface area contributed by atoms with Crippen molar-refractivity contribution in [1.82, 2.24) is 25.0 Å². The zero-order valence-electron chi connectivity index (χ0n) is 20.1. The second kappa shape index (κ2) is 10.6. The summed E-state index contributed by atoms with van der Waals surface area (Å²) in [5.74, 6) is 0.286. The number of hydrogen-bond acceptors (Lipinski definition) is 9. The number of aromatic nitrogens is 3. The van der Waals surface area contributed by atoms with Gasteiger partial charge in [0.2, 0.25) is 10.0 Å². The van der Waals surface area contributed by atoms with Crippen LogP contribution in [-0.4, -0.2) is 42.4 Å². The molecule has 0 radical (unpaired) electrons. The SMILES string of the molecule is CCC(C)NS(=O)(=O)c1cnc(NCc2ccc(-c3ccc4ncnc(N)c4c3)s2)c(C(=O)NC)c1. The first-order chi connectivity index (χ1) is 17.2. The summed E-state index contributed by atoms with van der Waals surface area (Å²) >= 11 is 1.58. The van der Waals surface area contributed by atoms with Crippen LogP contribution >= 0.6 is 11.3 Å². The summed E-state index contributed by atoms with van der Waals surface area (Å²) in [7, 11) is -2.32. The third kappa shape index (κ3) is 5.45. The minimum atomic E-state index is -3.80. The fourth-order valence-electron chi connectivity index (χ4n) is 3.49. The Labute approximate surface area is 213 Å². The van der Waals surface area contributed by atoms with Gasteiger partial charge >= 0.3 is 0 Å². The Hall–Kier alpha value is -3.61. The quantitative estimate of drug-likeness (QED) is 0.259. The summed E-state index contributed by atoms with van der Waals surface area (Å²) in [4.78, 5) is 27.0. The third-order valence-corrected chi connectivity index (χ3v) is 8.35. The van der Waals surface area contributed by atoms with Crippen molar-refractivity contribution in [3.05, 3.63) is 59.4 Å². The molecule has 0 aliphatic rings. The van der Waals surface area contributed by atoms with Crippen molar-refractivity contribution in [1.29, 1.82) is 0 Å². The highest BCUT2D eigenvalue weighted by molar-refractivity contribution is 7.89. The van der Waals surface area contributed by atoms with Crippen molar-refractivity contribution in [3.63, 3.8) is 0 Å². The summed E-state index contributed by atoms with van der Waals surface area (Å²) < 4.78 is 27.9. The third-order valence-electron chi connectivity index (χ3n) is 5.66. The molecule has 0 bridgehead atoms. The lowest BCUT2D eigenvalue weighted by atomic mass is 10.1. The van der Waals surface area contributed by atoms with E-state index in [4.69, 9.17) is 5.73 Å². The summed E-state index contributed by atoms with van der Waals surface area (Å²) in [5.41, 5.74) is 7.92. The molecular formula is C24H27N7O3S2. The zero-order valence-corrected chi connectivity index (χ0v) is 21.7. The van der Waals surface area contributed by atoms with Crippen molar-refractivity contribution in [3.8, 4) is 10.4 Å². The van der Waals surface area contributed by atoms with Crippen LogP contribution in [0.25, 0.3) is 21.3 Å². The lowest BCUT2D eigenvalue weighted by molar-refractivity contribution is 0.0963. The van der Waals surface area contributed by atoms with E-state index in [-0.39, 0.29) is 16.5 Å². The number of amides is 1. The lowest BCUT2D eigenvalue weighted by Crippen LogP contribution is -2.32. The number of nitrogen functional groups attached to an aromatic ring is 1. The van der Waals surface area contributed by atoms with Gasteiger partial charge in [0.1, 0.15) is 22.9 Å². The van der Waals surface area contributed by atoms with Gasteiger partial charge in [-0.1, -0.05) is 13.0 Å². The van der Waals surface area contributed by atoms with Crippen molar-refractivity contribution in [2.75, 3.05) is 18.1 Å². The van der Waals surface area contributed by atoms with Crippen LogP contribution in [0.4, 0.5) is 11.6 Å². The van der Waals surface area contributed by atoms with E-state index in [1.54, 1.807) is 18.3 Å². The standard InChI is InChI=1S/C24H27N7O3S2/c1-4-14(2)31-36(33,34)17-10-19(24(32)26-3)23(28-12-17)27-11-16-6-8-21(35-16)15-5-7-20-18(9-15)22(25)30-13-29-20/h5-10,12-14,31H,4,11H2,1-3H3,(H,26,32)(H,27,28)(H2,25,29,30). The molecule has 0 fully saturated rings. The molecule has 188 valence electrons. The molecule has 1 amide bonds. The van der Waals surface area contributed by atoms with Crippen molar-refractivity contribution >= 4 is 49.8 Å². The van der Waals surface area contributed by atoms with Crippen LogP contribution < -0.4 is 21.1 Å². The van der Waals surface area contributed by atoms with E-state index >= 15 is 0 Å². The largest absolute Gasteiger partial charge is 0.383 e. The van der Waals surface area contributed by atoms with Gasteiger partial charge in [0, 0.05) is 34.4 Å². The maximum atomic E-state index is 12.7. The number of rotatable bonds is 9. The summed E-state index contributed by atoms with van der Waals surface area (Å²) in [6.45, 7) is 4.06. The highest BCUT2D eigenvalue weighted by Gasteiger charge is 2.21. The number of anilines is 2. The van der Waals surface area contributed by atoms with E-state index in [1.807, 2.05) is 37.3 Å². The molecule has 1 aromatic carbocycles. The first kappa shape index (κ1) is 25.5. The van der Waals surface area contributed by atoms with Gasteiger partial charge in [-0.3, -0.25) is 4.79 Å². The van der Waals surface area contributed by atoms with Crippen LogP contribution in [0.5, 0.6) is 0 Å². The molecule has 0 saturated heterocycles. The normalized spacial score (nSPS) is 12.4. The molecule has 12 heteroatoms. The highest BCUT2D eigenvalue weighted by Crippen LogP contribution is 2.31. The first-order valence-corrected chi connectivity index (χ1v) is 13.6. The van der Waals surface area contributed by atoms with E-state index in [1.165, 1.54) is 25.6 Å². The summed E-state index contributed by atoms with van der Waals surface area (Å²) in [5, 5.41) is 6.50. The molecule has 1 atom stereocenters. The molecule has 0 saturated carbocycles. The van der Waals surface area contributed by atoms with Gasteiger partial charge in [0.05, 0.1) is 17.6 Å². The fourth-order valence-corrected chi connectivity index (χ4v) is 5.73. The van der Waals surface area contributed by atoms with Gasteiger partial charge in [-0.25, -0.2) is 28.1 Å². The second-order valence-electron chi connectivity index (χ2n) is 8.19. The number of nitrogens with one attached hydrogen (secondary N) is 3. The monoisotopic (exact) mass is 525 g/mol. The van der Waals surface area contributed by atoms with E-state index in [0.29, 0.717) is 24.6 Å². The smallest absolute Gasteiger partial charge is 0.254 e. The molecule has 0 aliphatic heterocycles. The molecule has 3 heterocycles. The van der Waals surface area contributed by atoms with Crippen LogP contribution in [0.2, 0.25) is 0 Å². The van der Waals surface area contributed by atoms with E-state index in [2.05, 4.69) is 30.3 Å². The average Bonchev–Trinajstić information content (AvgIpc) is 3.35. The fraction of sp³-hybridized carbons (Fsp3) is 0.250. The maximum absolute atomic E-state index is 12.7. The molecule has 0 spiro atoms. The number of carbonyl (C=O) groups is 1. The van der Waals surface area contributed by atoms with E-state index < -0.39 is 15.9 Å². The second-order valence-corrected chi connectivity index (χ2v) is 11.1. The number of hydrogen-bond donors (Lipinski definition) is 4. The minimum Gasteiger partial charge on any atom is -0.383 e. The Bertz CT molecular complexity index is 1520. The number of nitrogens with two attached hydrogens (primary N) is 1. The van der Waals surface area contributed by atoms with Crippen LogP contribution in [0, 0.1) is 0 Å². The number of thiophene rings is 1. The van der Waals surface area contributed by atoms with Gasteiger partial charge in [0.25, 0.3) is 5.91 Å². The van der Waals surface area contributed by atoms with Crippen LogP contribution in [0.15, 0.2) is 53.8 Å². The molecule has 36 heavy (non-hydrogen) atoms. The predicted molar refractivity (Wildman–Crippen MR) is 142 cm³/mol. The molecule has 5 N–H and O–H groups in total. The van der Waals surface area contributed by atoms with Gasteiger partial charge in [-0.2, -0.15) is 0 Å². The molecule has 4 aromatic rings. The zero-order chi connectivity index (χ0) is 25.9. The minimum absolute atomic E-state index is 0.0649. The molecule has 3 aromatic heterocycles. The number of benzene rings is 1. The van der Waals surface area contributed by atoms with Crippen molar-refractivity contribution < 1.29 is 13.2 Å². The number of carbonyl (C=O) groups excluding carboxylic acids is 1. The average molecular weight is 526 g/mol. The van der Waals surface area contributed by atoms with Crippen LogP contribution in [0.3, 0.4) is 0 Å². The topological polar surface area (TPSA) is 152 Å². The van der Waals surface area contributed by atoms with Crippen LogP contribution in [0.1, 0.15) is 35.5 Å². The highest BCUT2D eigenvalue weighted by atomic mass is 32.2. The number of fused-ring (bicyclic) bond motifs is 1. The van der Waals surface area contributed by atoms with Gasteiger partial charge in [-0.15, -0.1) is 11.3 Å². The number of sulfonamides is 1. The lowest BCUT2D eigenvalue weighted by Gasteiger charge is -2.14. The van der Waals surface area contributed by atoms with Crippen molar-refractivity contribution in [2.24, 2.45) is 0 Å². The van der Waals surface area contributed by atoms with Gasteiger partial charge < -0.3 is 16.4 Å². The Morgan fingerprint density at radius 2 is 1.94 bits per heavy atom. The molecule has 0 aliphatic carbocycles. The van der Waals surface area contributed by atoms with Crippen molar-refractivity contribution in [2.45, 2.75) is 37.8 Å². The Morgan fingerprint density at radius 3 is 2.69 bits per heavy atom. The molecule has 10 nitrogen and oxygen atoms in total. The predicted octanol–water partition coefficient (Wildman–Crippen LogP) is 3.38. The Kier molecular flexibility index (Phi) is 7.48. The molecular weight excluding hydrogens is 498 g/mol.